The number of furan rings is 1. The molecule has 1 aromatic heterocycles. The topological polar surface area (TPSA) is 42.2 Å². The van der Waals surface area contributed by atoms with Gasteiger partial charge in [0.1, 0.15) is 5.58 Å². The number of fused-ring (bicyclic) bond motifs is 1. The molecule has 4 heteroatoms. The Labute approximate surface area is 125 Å². The summed E-state index contributed by atoms with van der Waals surface area (Å²) in [6.07, 6.45) is 5.76. The summed E-state index contributed by atoms with van der Waals surface area (Å²) >= 11 is 2.30. The summed E-state index contributed by atoms with van der Waals surface area (Å²) < 4.78 is 6.72. The third-order valence-corrected chi connectivity index (χ3v) is 4.17. The Balaban J connectivity index is 1.58. The third kappa shape index (κ3) is 3.29. The molecule has 1 heterocycles. The van der Waals surface area contributed by atoms with E-state index in [-0.39, 0.29) is 5.91 Å². The van der Waals surface area contributed by atoms with Crippen LogP contribution in [-0.2, 0) is 11.2 Å². The first-order valence-corrected chi connectivity index (χ1v) is 7.72. The van der Waals surface area contributed by atoms with Crippen LogP contribution in [0.2, 0.25) is 0 Å². The van der Waals surface area contributed by atoms with E-state index in [4.69, 9.17) is 4.42 Å². The zero-order valence-electron chi connectivity index (χ0n) is 10.6. The van der Waals surface area contributed by atoms with E-state index in [2.05, 4.69) is 34.0 Å². The molecule has 0 spiro atoms. The van der Waals surface area contributed by atoms with Gasteiger partial charge in [0.2, 0.25) is 5.91 Å². The van der Waals surface area contributed by atoms with E-state index in [0.29, 0.717) is 18.9 Å². The monoisotopic (exact) mass is 369 g/mol. The molecule has 1 fully saturated rings. The van der Waals surface area contributed by atoms with Gasteiger partial charge in [0.15, 0.2) is 0 Å². The lowest BCUT2D eigenvalue weighted by Crippen LogP contribution is -2.25. The molecule has 3 rings (SSSR count). The van der Waals surface area contributed by atoms with E-state index in [1.807, 2.05) is 12.1 Å². The lowest BCUT2D eigenvalue weighted by molar-refractivity contribution is -0.121. The highest BCUT2D eigenvalue weighted by Gasteiger charge is 2.24. The maximum atomic E-state index is 11.6. The Hall–Kier alpha value is -1.04. The van der Waals surface area contributed by atoms with Crippen molar-refractivity contribution in [3.8, 4) is 0 Å². The van der Waals surface area contributed by atoms with Crippen LogP contribution >= 0.6 is 22.6 Å². The first-order valence-electron chi connectivity index (χ1n) is 6.65. The fourth-order valence-corrected chi connectivity index (χ4v) is 2.73. The van der Waals surface area contributed by atoms with Crippen LogP contribution in [0.15, 0.2) is 28.9 Å². The Kier molecular flexibility index (Phi) is 3.77. The summed E-state index contributed by atoms with van der Waals surface area (Å²) in [5.74, 6) is 0.834. The number of hydrogen-bond donors (Lipinski definition) is 1. The normalized spacial score (nSPS) is 14.8. The molecule has 0 aliphatic heterocycles. The van der Waals surface area contributed by atoms with Gasteiger partial charge in [-0.25, -0.2) is 0 Å². The smallest absolute Gasteiger partial charge is 0.220 e. The molecule has 1 N–H and O–H groups in total. The van der Waals surface area contributed by atoms with Crippen molar-refractivity contribution in [2.45, 2.75) is 25.7 Å². The molecule has 1 aliphatic rings. The first kappa shape index (κ1) is 13.0. The van der Waals surface area contributed by atoms with Crippen LogP contribution in [0.25, 0.3) is 11.0 Å². The largest absolute Gasteiger partial charge is 0.464 e. The van der Waals surface area contributed by atoms with Crippen LogP contribution < -0.4 is 5.32 Å². The molecule has 2 aromatic rings. The molecule has 0 unspecified atom stereocenters. The van der Waals surface area contributed by atoms with Crippen molar-refractivity contribution in [2.24, 2.45) is 5.92 Å². The summed E-state index contributed by atoms with van der Waals surface area (Å²) in [6, 6.07) is 6.15. The van der Waals surface area contributed by atoms with Crippen molar-refractivity contribution < 1.29 is 9.21 Å². The van der Waals surface area contributed by atoms with Gasteiger partial charge in [-0.2, -0.15) is 0 Å². The number of halogens is 1. The molecule has 19 heavy (non-hydrogen) atoms. The molecule has 100 valence electrons. The van der Waals surface area contributed by atoms with Crippen molar-refractivity contribution >= 4 is 39.5 Å². The highest BCUT2D eigenvalue weighted by atomic mass is 127. The molecule has 0 atom stereocenters. The van der Waals surface area contributed by atoms with Gasteiger partial charge in [-0.15, -0.1) is 0 Å². The average molecular weight is 369 g/mol. The lowest BCUT2D eigenvalue weighted by Gasteiger charge is -2.03. The summed E-state index contributed by atoms with van der Waals surface area (Å²) in [6.45, 7) is 0.686. The molecule has 3 nitrogen and oxygen atoms in total. The Bertz CT molecular complexity index is 601. The van der Waals surface area contributed by atoms with E-state index >= 15 is 0 Å². The van der Waals surface area contributed by atoms with Gasteiger partial charge in [-0.1, -0.05) is 0 Å². The van der Waals surface area contributed by atoms with E-state index in [1.54, 1.807) is 6.26 Å². The van der Waals surface area contributed by atoms with E-state index < -0.39 is 0 Å². The summed E-state index contributed by atoms with van der Waals surface area (Å²) in [5.41, 5.74) is 2.08. The first-order chi connectivity index (χ1) is 9.22. The predicted molar refractivity (Wildman–Crippen MR) is 83.0 cm³/mol. The molecular formula is C15H16INO2. The van der Waals surface area contributed by atoms with Crippen LogP contribution in [0, 0.1) is 9.49 Å². The van der Waals surface area contributed by atoms with Crippen molar-refractivity contribution in [3.63, 3.8) is 0 Å². The number of nitrogens with one attached hydrogen (secondary N) is 1. The van der Waals surface area contributed by atoms with Crippen LogP contribution in [0.1, 0.15) is 24.8 Å². The van der Waals surface area contributed by atoms with Crippen molar-refractivity contribution in [3.05, 3.63) is 33.6 Å². The predicted octanol–water partition coefficient (Wildman–Crippen LogP) is 3.50. The van der Waals surface area contributed by atoms with Crippen LogP contribution in [0.5, 0.6) is 0 Å². The number of rotatable bonds is 5. The Morgan fingerprint density at radius 3 is 3.05 bits per heavy atom. The molecule has 0 radical (unpaired) electrons. The maximum Gasteiger partial charge on any atom is 0.220 e. The SMILES string of the molecule is O=C(CC1CC1)NCCc1coc2ccc(I)cc12. The van der Waals surface area contributed by atoms with E-state index in [0.717, 1.165) is 17.4 Å². The highest BCUT2D eigenvalue weighted by molar-refractivity contribution is 14.1. The molecule has 1 aromatic carbocycles. The zero-order chi connectivity index (χ0) is 13.2. The Morgan fingerprint density at radius 2 is 2.26 bits per heavy atom. The number of carbonyl (C=O) groups excluding carboxylic acids is 1. The molecule has 1 amide bonds. The molecule has 1 aliphatic carbocycles. The van der Waals surface area contributed by atoms with Gasteiger partial charge >= 0.3 is 0 Å². The zero-order valence-corrected chi connectivity index (χ0v) is 12.8. The highest BCUT2D eigenvalue weighted by Crippen LogP contribution is 2.32. The lowest BCUT2D eigenvalue weighted by atomic mass is 10.1. The standard InChI is InChI=1S/C15H16INO2/c16-12-3-4-14-13(8-12)11(9-19-14)5-6-17-15(18)7-10-1-2-10/h3-4,8-10H,1-2,5-7H2,(H,17,18). The fourth-order valence-electron chi connectivity index (χ4n) is 2.24. The van der Waals surface area contributed by atoms with Gasteiger partial charge in [-0.3, -0.25) is 4.79 Å². The second-order valence-electron chi connectivity index (χ2n) is 5.15. The van der Waals surface area contributed by atoms with Crippen molar-refractivity contribution in [1.82, 2.24) is 5.32 Å². The summed E-state index contributed by atoms with van der Waals surface area (Å²) in [7, 11) is 0. The molecule has 0 bridgehead atoms. The second-order valence-corrected chi connectivity index (χ2v) is 6.39. The molecular weight excluding hydrogens is 353 g/mol. The fraction of sp³-hybridized carbons (Fsp3) is 0.400. The molecule has 0 saturated heterocycles. The maximum absolute atomic E-state index is 11.6. The average Bonchev–Trinajstić information content (AvgIpc) is 3.10. The van der Waals surface area contributed by atoms with E-state index in [1.165, 1.54) is 22.0 Å². The van der Waals surface area contributed by atoms with Crippen molar-refractivity contribution in [2.75, 3.05) is 6.54 Å². The van der Waals surface area contributed by atoms with Gasteiger partial charge in [0.25, 0.3) is 0 Å². The van der Waals surface area contributed by atoms with Gasteiger partial charge < -0.3 is 9.73 Å². The minimum Gasteiger partial charge on any atom is -0.464 e. The number of amides is 1. The van der Waals surface area contributed by atoms with Crippen LogP contribution in [0.4, 0.5) is 0 Å². The number of benzene rings is 1. The van der Waals surface area contributed by atoms with Gasteiger partial charge in [-0.05, 0) is 71.5 Å². The number of carbonyl (C=O) groups is 1. The summed E-state index contributed by atoms with van der Waals surface area (Å²) in [5, 5.41) is 4.14. The third-order valence-electron chi connectivity index (χ3n) is 3.50. The van der Waals surface area contributed by atoms with Crippen LogP contribution in [-0.4, -0.2) is 12.5 Å². The van der Waals surface area contributed by atoms with Gasteiger partial charge in [0, 0.05) is 21.9 Å². The molecule has 1 saturated carbocycles. The van der Waals surface area contributed by atoms with Crippen LogP contribution in [0.3, 0.4) is 0 Å². The quantitative estimate of drug-likeness (QED) is 0.820. The number of hydrogen-bond acceptors (Lipinski definition) is 2. The minimum absolute atomic E-state index is 0.185. The van der Waals surface area contributed by atoms with E-state index in [9.17, 15) is 4.79 Å². The minimum atomic E-state index is 0.185. The van der Waals surface area contributed by atoms with Crippen molar-refractivity contribution in [1.29, 1.82) is 0 Å². The Morgan fingerprint density at radius 1 is 1.42 bits per heavy atom. The summed E-state index contributed by atoms with van der Waals surface area (Å²) in [4.78, 5) is 11.6. The van der Waals surface area contributed by atoms with Gasteiger partial charge in [0.05, 0.1) is 6.26 Å². The second kappa shape index (κ2) is 5.53.